The monoisotopic (exact) mass is 489 g/mol. The summed E-state index contributed by atoms with van der Waals surface area (Å²) in [5.41, 5.74) is 4.66. The van der Waals surface area contributed by atoms with Gasteiger partial charge in [-0.15, -0.1) is 0 Å². The summed E-state index contributed by atoms with van der Waals surface area (Å²) in [7, 11) is -4.13. The van der Waals surface area contributed by atoms with Crippen molar-refractivity contribution in [3.05, 3.63) is 92.9 Å². The molecule has 2 aromatic heterocycles. The first-order valence-corrected chi connectivity index (χ1v) is 12.7. The summed E-state index contributed by atoms with van der Waals surface area (Å²) < 4.78 is 28.4. The molecule has 0 fully saturated rings. The van der Waals surface area contributed by atoms with Gasteiger partial charge < -0.3 is 9.88 Å². The zero-order chi connectivity index (χ0) is 25.5. The Morgan fingerprint density at radius 2 is 1.60 bits per heavy atom. The summed E-state index contributed by atoms with van der Waals surface area (Å²) >= 11 is 0. The molecule has 0 aliphatic heterocycles. The van der Waals surface area contributed by atoms with Crippen LogP contribution >= 0.6 is 0 Å². The molecule has 0 unspecified atom stereocenters. The molecule has 0 saturated heterocycles. The maximum absolute atomic E-state index is 13.5. The van der Waals surface area contributed by atoms with Crippen LogP contribution in [0.2, 0.25) is 0 Å². The highest BCUT2D eigenvalue weighted by Gasteiger charge is 2.25. The number of carbonyl (C=O) groups is 1. The van der Waals surface area contributed by atoms with Crippen molar-refractivity contribution in [2.75, 3.05) is 5.32 Å². The molecule has 1 N–H and O–H groups in total. The number of sulfone groups is 1. The summed E-state index contributed by atoms with van der Waals surface area (Å²) in [4.78, 5) is 30.3. The Morgan fingerprint density at radius 3 is 2.26 bits per heavy atom. The fraction of sp³-hybridized carbons (Fsp3) is 0.222. The number of carbonyl (C=O) groups excluding carboxylic acids is 1. The van der Waals surface area contributed by atoms with Crippen LogP contribution in [-0.4, -0.2) is 23.9 Å². The van der Waals surface area contributed by atoms with E-state index in [1.54, 1.807) is 31.2 Å². The zero-order valence-corrected chi connectivity index (χ0v) is 21.2. The number of aryl methyl sites for hydroxylation is 5. The Labute approximate surface area is 204 Å². The van der Waals surface area contributed by atoms with Gasteiger partial charge in [-0.25, -0.2) is 13.4 Å². The van der Waals surface area contributed by atoms with E-state index in [-0.39, 0.29) is 28.4 Å². The maximum Gasteiger partial charge on any atom is 0.244 e. The molecule has 0 aliphatic rings. The van der Waals surface area contributed by atoms with E-state index < -0.39 is 20.2 Å². The highest BCUT2D eigenvalue weighted by Crippen LogP contribution is 2.23. The number of nitrogens with one attached hydrogen (secondary N) is 1. The number of fused-ring (bicyclic) bond motifs is 1. The molecule has 0 saturated carbocycles. The van der Waals surface area contributed by atoms with Gasteiger partial charge in [-0.05, 0) is 93.3 Å². The van der Waals surface area contributed by atoms with Gasteiger partial charge in [0.05, 0.1) is 10.3 Å². The van der Waals surface area contributed by atoms with Gasteiger partial charge in [-0.1, -0.05) is 12.1 Å². The van der Waals surface area contributed by atoms with Gasteiger partial charge >= 0.3 is 0 Å². The zero-order valence-electron chi connectivity index (χ0n) is 20.3. The van der Waals surface area contributed by atoms with Crippen molar-refractivity contribution in [1.82, 2.24) is 9.55 Å². The quantitative estimate of drug-likeness (QED) is 0.448. The Kier molecular flexibility index (Phi) is 6.34. The highest BCUT2D eigenvalue weighted by atomic mass is 32.2. The van der Waals surface area contributed by atoms with Crippen LogP contribution in [0.1, 0.15) is 27.9 Å². The van der Waals surface area contributed by atoms with Crippen LogP contribution in [0.25, 0.3) is 11.0 Å². The summed E-state index contributed by atoms with van der Waals surface area (Å²) in [6.45, 7) is 9.14. The molecule has 0 spiro atoms. The molecular formula is C27H27N3O4S. The second-order valence-electron chi connectivity index (χ2n) is 8.95. The Hall–Kier alpha value is -3.78. The second kappa shape index (κ2) is 9.11. The molecule has 0 radical (unpaired) electrons. The van der Waals surface area contributed by atoms with Crippen LogP contribution in [0.5, 0.6) is 0 Å². The Balaban J connectivity index is 1.83. The van der Waals surface area contributed by atoms with Crippen molar-refractivity contribution in [2.45, 2.75) is 51.0 Å². The number of pyridine rings is 2. The van der Waals surface area contributed by atoms with E-state index in [4.69, 9.17) is 0 Å². The van der Waals surface area contributed by atoms with Crippen molar-refractivity contribution in [2.24, 2.45) is 0 Å². The average Bonchev–Trinajstić information content (AvgIpc) is 2.76. The lowest BCUT2D eigenvalue weighted by molar-refractivity contribution is -0.116. The third kappa shape index (κ3) is 4.88. The smallest absolute Gasteiger partial charge is 0.244 e. The highest BCUT2D eigenvalue weighted by molar-refractivity contribution is 7.91. The van der Waals surface area contributed by atoms with Crippen molar-refractivity contribution in [1.29, 1.82) is 0 Å². The van der Waals surface area contributed by atoms with E-state index in [0.717, 1.165) is 22.3 Å². The number of aromatic nitrogens is 2. The number of nitrogens with zero attached hydrogens (tertiary/aromatic N) is 2. The first-order chi connectivity index (χ1) is 16.5. The number of hydrogen-bond acceptors (Lipinski definition) is 5. The lowest BCUT2D eigenvalue weighted by Gasteiger charge is -2.14. The van der Waals surface area contributed by atoms with E-state index >= 15 is 0 Å². The molecule has 0 bridgehead atoms. The van der Waals surface area contributed by atoms with Crippen LogP contribution < -0.4 is 10.7 Å². The van der Waals surface area contributed by atoms with Crippen molar-refractivity contribution < 1.29 is 13.2 Å². The molecule has 8 heteroatoms. The molecule has 0 aliphatic carbocycles. The lowest BCUT2D eigenvalue weighted by Crippen LogP contribution is -2.24. The summed E-state index contributed by atoms with van der Waals surface area (Å²) in [6.07, 6.45) is 1.22. The van der Waals surface area contributed by atoms with Crippen molar-refractivity contribution in [3.8, 4) is 0 Å². The van der Waals surface area contributed by atoms with Gasteiger partial charge in [0, 0.05) is 17.6 Å². The third-order valence-corrected chi connectivity index (χ3v) is 7.67. The SMILES string of the molecule is Cc1cc(C)cc(NC(=O)Cn2cc(S(=O)(=O)c3ccc(C)c(C)c3)c(=O)c3ccc(C)nc32)c1. The van der Waals surface area contributed by atoms with Gasteiger partial charge in [-0.2, -0.15) is 0 Å². The minimum absolute atomic E-state index is 0.0309. The molecule has 4 rings (SSSR count). The molecule has 7 nitrogen and oxygen atoms in total. The van der Waals surface area contributed by atoms with E-state index in [2.05, 4.69) is 10.3 Å². The van der Waals surface area contributed by atoms with Gasteiger partial charge in [0.1, 0.15) is 17.1 Å². The molecule has 180 valence electrons. The predicted molar refractivity (Wildman–Crippen MR) is 137 cm³/mol. The van der Waals surface area contributed by atoms with Crippen LogP contribution in [0.4, 0.5) is 5.69 Å². The topological polar surface area (TPSA) is 98.1 Å². The Bertz CT molecular complexity index is 1630. The molecule has 0 atom stereocenters. The maximum atomic E-state index is 13.5. The van der Waals surface area contributed by atoms with Gasteiger partial charge in [-0.3, -0.25) is 9.59 Å². The summed E-state index contributed by atoms with van der Waals surface area (Å²) in [5.74, 6) is -0.363. The van der Waals surface area contributed by atoms with Crippen LogP contribution in [0.3, 0.4) is 0 Å². The summed E-state index contributed by atoms with van der Waals surface area (Å²) in [6, 6.07) is 13.7. The van der Waals surface area contributed by atoms with Gasteiger partial charge in [0.25, 0.3) is 0 Å². The van der Waals surface area contributed by atoms with E-state index in [0.29, 0.717) is 11.4 Å². The van der Waals surface area contributed by atoms with Gasteiger partial charge in [0.15, 0.2) is 0 Å². The van der Waals surface area contributed by atoms with Crippen molar-refractivity contribution >= 4 is 32.5 Å². The fourth-order valence-corrected chi connectivity index (χ4v) is 5.51. The minimum atomic E-state index is -4.13. The predicted octanol–water partition coefficient (Wildman–Crippen LogP) is 4.41. The molecular weight excluding hydrogens is 462 g/mol. The molecule has 35 heavy (non-hydrogen) atoms. The number of amides is 1. The van der Waals surface area contributed by atoms with Gasteiger partial charge in [0.2, 0.25) is 21.2 Å². The number of hydrogen-bond donors (Lipinski definition) is 1. The summed E-state index contributed by atoms with van der Waals surface area (Å²) in [5, 5.41) is 2.99. The third-order valence-electron chi connectivity index (χ3n) is 5.93. The van der Waals surface area contributed by atoms with Crippen molar-refractivity contribution in [3.63, 3.8) is 0 Å². The first kappa shape index (κ1) is 24.3. The minimum Gasteiger partial charge on any atom is -0.325 e. The molecule has 1 amide bonds. The fourth-order valence-electron chi connectivity index (χ4n) is 4.06. The average molecular weight is 490 g/mol. The van der Waals surface area contributed by atoms with Crippen LogP contribution in [0.15, 0.2) is 69.3 Å². The standard InChI is InChI=1S/C27H27N3O4S/c1-16-10-17(2)12-21(11-16)29-25(31)15-30-14-24(26(32)23-9-7-20(5)28-27(23)30)35(33,34)22-8-6-18(3)19(4)13-22/h6-14H,15H2,1-5H3,(H,29,31). The number of benzene rings is 2. The number of anilines is 1. The van der Waals surface area contributed by atoms with E-state index in [1.807, 2.05) is 45.9 Å². The second-order valence-corrected chi connectivity index (χ2v) is 10.9. The van der Waals surface area contributed by atoms with E-state index in [1.165, 1.54) is 16.8 Å². The molecule has 4 aromatic rings. The molecule has 2 aromatic carbocycles. The van der Waals surface area contributed by atoms with Crippen LogP contribution in [0, 0.1) is 34.6 Å². The normalized spacial score (nSPS) is 11.6. The largest absolute Gasteiger partial charge is 0.325 e. The number of rotatable bonds is 5. The first-order valence-electron chi connectivity index (χ1n) is 11.2. The molecule has 2 heterocycles. The van der Waals surface area contributed by atoms with Crippen LogP contribution in [-0.2, 0) is 21.2 Å². The Morgan fingerprint density at radius 1 is 0.914 bits per heavy atom. The van der Waals surface area contributed by atoms with E-state index in [9.17, 15) is 18.0 Å². The lowest BCUT2D eigenvalue weighted by atomic mass is 10.1.